The Labute approximate surface area is 130 Å². The highest BCUT2D eigenvalue weighted by atomic mass is 32.2. The summed E-state index contributed by atoms with van der Waals surface area (Å²) in [5, 5.41) is 14.2. The Hall–Kier alpha value is -1.51. The fourth-order valence-corrected chi connectivity index (χ4v) is 4.70. The number of nitrogens with zero attached hydrogens (tertiary/aromatic N) is 2. The van der Waals surface area contributed by atoms with Crippen molar-refractivity contribution in [3.05, 3.63) is 33.9 Å². The molecule has 22 heavy (non-hydrogen) atoms. The van der Waals surface area contributed by atoms with Crippen molar-refractivity contribution in [3.8, 4) is 0 Å². The summed E-state index contributed by atoms with van der Waals surface area (Å²) >= 11 is 0. The van der Waals surface area contributed by atoms with Gasteiger partial charge in [-0.25, -0.2) is 8.42 Å². The quantitative estimate of drug-likeness (QED) is 0.669. The van der Waals surface area contributed by atoms with Gasteiger partial charge in [0.05, 0.1) is 9.82 Å². The Morgan fingerprint density at radius 2 is 2.09 bits per heavy atom. The summed E-state index contributed by atoms with van der Waals surface area (Å²) in [4.78, 5) is 10.4. The van der Waals surface area contributed by atoms with E-state index in [1.807, 2.05) is 20.8 Å². The molecule has 122 valence electrons. The zero-order valence-corrected chi connectivity index (χ0v) is 13.8. The van der Waals surface area contributed by atoms with Crippen LogP contribution in [-0.2, 0) is 16.4 Å². The van der Waals surface area contributed by atoms with E-state index in [1.54, 1.807) is 0 Å². The van der Waals surface area contributed by atoms with Gasteiger partial charge in [-0.1, -0.05) is 13.0 Å². The second-order valence-electron chi connectivity index (χ2n) is 5.50. The van der Waals surface area contributed by atoms with E-state index in [1.165, 1.54) is 22.5 Å². The van der Waals surface area contributed by atoms with Gasteiger partial charge < -0.3 is 5.32 Å². The fourth-order valence-electron chi connectivity index (χ4n) is 2.68. The number of nitro benzene ring substituents is 1. The number of nitrogens with one attached hydrogen (secondary N) is 1. The molecule has 0 radical (unpaired) electrons. The van der Waals surface area contributed by atoms with Crippen molar-refractivity contribution in [1.82, 2.24) is 9.62 Å². The van der Waals surface area contributed by atoms with Crippen LogP contribution >= 0.6 is 0 Å². The SMILES string of the molecule is CCc1ccc([N+](=O)[O-])cc1S(=O)(=O)N1CCNC(C)C1C. The largest absolute Gasteiger partial charge is 0.311 e. The van der Waals surface area contributed by atoms with Gasteiger partial charge in [-0.05, 0) is 25.8 Å². The van der Waals surface area contributed by atoms with E-state index in [-0.39, 0.29) is 22.7 Å². The van der Waals surface area contributed by atoms with Gasteiger partial charge in [0.15, 0.2) is 0 Å². The van der Waals surface area contributed by atoms with Crippen molar-refractivity contribution >= 4 is 15.7 Å². The Morgan fingerprint density at radius 1 is 1.41 bits per heavy atom. The topological polar surface area (TPSA) is 92.5 Å². The van der Waals surface area contributed by atoms with Crippen LogP contribution in [-0.4, -0.2) is 42.8 Å². The highest BCUT2D eigenvalue weighted by Gasteiger charge is 2.36. The third-order valence-corrected chi connectivity index (χ3v) is 6.27. The molecule has 1 saturated heterocycles. The van der Waals surface area contributed by atoms with Crippen LogP contribution in [0.3, 0.4) is 0 Å². The number of piperazine rings is 1. The second kappa shape index (κ2) is 6.31. The Kier molecular flexibility index (Phi) is 4.84. The highest BCUT2D eigenvalue weighted by Crippen LogP contribution is 2.28. The normalized spacial score (nSPS) is 23.4. The van der Waals surface area contributed by atoms with Crippen molar-refractivity contribution < 1.29 is 13.3 Å². The Morgan fingerprint density at radius 3 is 2.68 bits per heavy atom. The molecule has 1 N–H and O–H groups in total. The van der Waals surface area contributed by atoms with Gasteiger partial charge in [-0.15, -0.1) is 0 Å². The van der Waals surface area contributed by atoms with E-state index in [0.717, 1.165) is 0 Å². The van der Waals surface area contributed by atoms with Gasteiger partial charge in [-0.3, -0.25) is 10.1 Å². The van der Waals surface area contributed by atoms with Crippen molar-refractivity contribution in [3.63, 3.8) is 0 Å². The minimum atomic E-state index is -3.75. The van der Waals surface area contributed by atoms with Crippen LogP contribution < -0.4 is 5.32 Å². The van der Waals surface area contributed by atoms with Gasteiger partial charge in [-0.2, -0.15) is 4.31 Å². The standard InChI is InChI=1S/C14H21N3O4S/c1-4-12-5-6-13(17(18)19)9-14(12)22(20,21)16-8-7-15-10(2)11(16)3/h5-6,9-11,15H,4,7-8H2,1-3H3. The average molecular weight is 327 g/mol. The summed E-state index contributed by atoms with van der Waals surface area (Å²) in [6.07, 6.45) is 0.503. The molecule has 2 atom stereocenters. The third-order valence-electron chi connectivity index (χ3n) is 4.21. The van der Waals surface area contributed by atoms with Gasteiger partial charge >= 0.3 is 0 Å². The molecule has 7 nitrogen and oxygen atoms in total. The van der Waals surface area contributed by atoms with Crippen LogP contribution in [0.5, 0.6) is 0 Å². The van der Waals surface area contributed by atoms with E-state index >= 15 is 0 Å². The van der Waals surface area contributed by atoms with E-state index in [9.17, 15) is 18.5 Å². The van der Waals surface area contributed by atoms with Crippen molar-refractivity contribution in [1.29, 1.82) is 0 Å². The lowest BCUT2D eigenvalue weighted by Gasteiger charge is -2.37. The summed E-state index contributed by atoms with van der Waals surface area (Å²) < 4.78 is 27.4. The number of non-ortho nitro benzene ring substituents is 1. The number of aryl methyl sites for hydroxylation is 1. The summed E-state index contributed by atoms with van der Waals surface area (Å²) in [7, 11) is -3.75. The molecule has 0 bridgehead atoms. The zero-order valence-electron chi connectivity index (χ0n) is 12.9. The van der Waals surface area contributed by atoms with Gasteiger partial charge in [0, 0.05) is 37.3 Å². The van der Waals surface area contributed by atoms with Gasteiger partial charge in [0.1, 0.15) is 0 Å². The maximum atomic E-state index is 13.0. The van der Waals surface area contributed by atoms with E-state index in [4.69, 9.17) is 0 Å². The Bertz CT molecular complexity index is 675. The maximum absolute atomic E-state index is 13.0. The minimum Gasteiger partial charge on any atom is -0.311 e. The first kappa shape index (κ1) is 16.9. The van der Waals surface area contributed by atoms with Crippen LogP contribution in [0.25, 0.3) is 0 Å². The molecule has 0 amide bonds. The highest BCUT2D eigenvalue weighted by molar-refractivity contribution is 7.89. The molecule has 0 spiro atoms. The molecule has 1 fully saturated rings. The first-order valence-corrected chi connectivity index (χ1v) is 8.75. The monoisotopic (exact) mass is 327 g/mol. The fraction of sp³-hybridized carbons (Fsp3) is 0.571. The smallest absolute Gasteiger partial charge is 0.270 e. The zero-order chi connectivity index (χ0) is 16.5. The molecule has 0 aromatic heterocycles. The summed E-state index contributed by atoms with van der Waals surface area (Å²) in [5.74, 6) is 0. The molecular formula is C14H21N3O4S. The molecule has 2 unspecified atom stereocenters. The molecular weight excluding hydrogens is 306 g/mol. The second-order valence-corrected chi connectivity index (χ2v) is 7.36. The maximum Gasteiger partial charge on any atom is 0.270 e. The van der Waals surface area contributed by atoms with Crippen molar-refractivity contribution in [2.24, 2.45) is 0 Å². The van der Waals surface area contributed by atoms with E-state index in [2.05, 4.69) is 5.32 Å². The number of hydrogen-bond acceptors (Lipinski definition) is 5. The molecule has 0 aliphatic carbocycles. The minimum absolute atomic E-state index is 0.0345. The van der Waals surface area contributed by atoms with Crippen LogP contribution in [0.2, 0.25) is 0 Å². The van der Waals surface area contributed by atoms with Crippen LogP contribution in [0.15, 0.2) is 23.1 Å². The summed E-state index contributed by atoms with van der Waals surface area (Å²) in [5.41, 5.74) is 0.399. The molecule has 1 aromatic rings. The van der Waals surface area contributed by atoms with Gasteiger partial charge in [0.25, 0.3) is 5.69 Å². The number of rotatable bonds is 4. The van der Waals surface area contributed by atoms with Crippen molar-refractivity contribution in [2.45, 2.75) is 44.2 Å². The number of hydrogen-bond donors (Lipinski definition) is 1. The first-order chi connectivity index (χ1) is 10.3. The lowest BCUT2D eigenvalue weighted by Crippen LogP contribution is -2.57. The third kappa shape index (κ3) is 2.99. The van der Waals surface area contributed by atoms with Gasteiger partial charge in [0.2, 0.25) is 10.0 Å². The first-order valence-electron chi connectivity index (χ1n) is 7.31. The predicted octanol–water partition coefficient (Wildman–Crippen LogP) is 1.53. The lowest BCUT2D eigenvalue weighted by molar-refractivity contribution is -0.385. The Balaban J connectivity index is 2.52. The van der Waals surface area contributed by atoms with Crippen molar-refractivity contribution in [2.75, 3.05) is 13.1 Å². The molecule has 1 aliphatic rings. The van der Waals surface area contributed by atoms with Crippen LogP contribution in [0.1, 0.15) is 26.3 Å². The predicted molar refractivity (Wildman–Crippen MR) is 83.3 cm³/mol. The number of sulfonamides is 1. The molecule has 8 heteroatoms. The van der Waals surface area contributed by atoms with Crippen LogP contribution in [0.4, 0.5) is 5.69 Å². The molecule has 2 rings (SSSR count). The summed E-state index contributed by atoms with van der Waals surface area (Å²) in [6.45, 7) is 6.54. The van der Waals surface area contributed by atoms with Crippen LogP contribution in [0, 0.1) is 10.1 Å². The lowest BCUT2D eigenvalue weighted by atomic mass is 10.1. The van der Waals surface area contributed by atoms with E-state index < -0.39 is 14.9 Å². The molecule has 1 aromatic carbocycles. The van der Waals surface area contributed by atoms with E-state index in [0.29, 0.717) is 25.1 Å². The average Bonchev–Trinajstić information content (AvgIpc) is 2.49. The molecule has 1 aliphatic heterocycles. The molecule has 1 heterocycles. The number of nitro groups is 1. The number of benzene rings is 1. The molecule has 0 saturated carbocycles. The summed E-state index contributed by atoms with van der Waals surface area (Å²) in [6, 6.07) is 3.88.